The van der Waals surface area contributed by atoms with E-state index in [1.165, 1.54) is 7.05 Å². The number of hydrogen-bond acceptors (Lipinski definition) is 3. The predicted octanol–water partition coefficient (Wildman–Crippen LogP) is 1.93. The van der Waals surface area contributed by atoms with E-state index >= 15 is 0 Å². The highest BCUT2D eigenvalue weighted by Crippen LogP contribution is 2.10. The first-order valence-corrected chi connectivity index (χ1v) is 5.63. The molecule has 1 unspecified atom stereocenters. The van der Waals surface area contributed by atoms with Crippen molar-refractivity contribution in [3.63, 3.8) is 0 Å². The Morgan fingerprint density at radius 3 is 2.50 bits per heavy atom. The molecular formula is C8H8ClNO3S. The van der Waals surface area contributed by atoms with Gasteiger partial charge in [0.1, 0.15) is 5.75 Å². The molecule has 6 heteroatoms. The normalized spacial score (nSPS) is 11.9. The van der Waals surface area contributed by atoms with E-state index in [0.717, 1.165) is 4.31 Å². The van der Waals surface area contributed by atoms with E-state index in [9.17, 15) is 9.00 Å². The highest BCUT2D eigenvalue weighted by Gasteiger charge is 2.15. The third kappa shape index (κ3) is 3.01. The molecule has 1 aromatic carbocycles. The largest absolute Gasteiger partial charge is 0.427 e. The molecule has 1 aromatic rings. The molecule has 0 aromatic heterocycles. The molecule has 14 heavy (non-hydrogen) atoms. The molecule has 4 nitrogen and oxygen atoms in total. The first-order valence-electron chi connectivity index (χ1n) is 3.70. The maximum Gasteiger partial charge on any atom is 0.427 e. The Kier molecular flexibility index (Phi) is 3.91. The molecule has 1 atom stereocenters. The Morgan fingerprint density at radius 1 is 1.43 bits per heavy atom. The summed E-state index contributed by atoms with van der Waals surface area (Å²) in [5.74, 6) is 0.381. The number of hydrogen-bond donors (Lipinski definition) is 0. The van der Waals surface area contributed by atoms with Crippen LogP contribution in [0.1, 0.15) is 0 Å². The van der Waals surface area contributed by atoms with Crippen LogP contribution in [-0.2, 0) is 10.2 Å². The lowest BCUT2D eigenvalue weighted by Gasteiger charge is -2.11. The summed E-state index contributed by atoms with van der Waals surface area (Å²) < 4.78 is 16.3. The zero-order valence-corrected chi connectivity index (χ0v) is 8.92. The fraction of sp³-hybridized carbons (Fsp3) is 0.125. The summed E-state index contributed by atoms with van der Waals surface area (Å²) in [6.45, 7) is 0. The number of nitrogens with zero attached hydrogens (tertiary/aromatic N) is 1. The van der Waals surface area contributed by atoms with Gasteiger partial charge < -0.3 is 4.74 Å². The quantitative estimate of drug-likeness (QED) is 0.734. The Bertz CT molecular complexity index is 344. The summed E-state index contributed by atoms with van der Waals surface area (Å²) in [7, 11) is 4.59. The van der Waals surface area contributed by atoms with Crippen molar-refractivity contribution in [1.82, 2.24) is 4.31 Å². The van der Waals surface area contributed by atoms with Crippen molar-refractivity contribution in [2.24, 2.45) is 0 Å². The first kappa shape index (κ1) is 11.0. The molecule has 0 saturated carbocycles. The van der Waals surface area contributed by atoms with E-state index < -0.39 is 16.3 Å². The second-order valence-electron chi connectivity index (χ2n) is 2.39. The number of carbonyl (C=O) groups excluding carboxylic acids is 1. The van der Waals surface area contributed by atoms with Crippen molar-refractivity contribution in [1.29, 1.82) is 0 Å². The zero-order chi connectivity index (χ0) is 10.6. The minimum Gasteiger partial charge on any atom is -0.410 e. The first-order chi connectivity index (χ1) is 6.61. The van der Waals surface area contributed by atoms with Crippen LogP contribution in [0.3, 0.4) is 0 Å². The van der Waals surface area contributed by atoms with Gasteiger partial charge in [0.2, 0.25) is 10.2 Å². The van der Waals surface area contributed by atoms with Crippen molar-refractivity contribution in [3.05, 3.63) is 30.3 Å². The molecule has 1 amide bonds. The van der Waals surface area contributed by atoms with Crippen LogP contribution in [0.2, 0.25) is 0 Å². The third-order valence-corrected chi connectivity index (χ3v) is 2.62. The van der Waals surface area contributed by atoms with Gasteiger partial charge in [-0.2, -0.15) is 0 Å². The maximum absolute atomic E-state index is 11.2. The Balaban J connectivity index is 2.62. The van der Waals surface area contributed by atoms with Crippen molar-refractivity contribution in [3.8, 4) is 5.75 Å². The summed E-state index contributed by atoms with van der Waals surface area (Å²) in [4.78, 5) is 11.2. The summed E-state index contributed by atoms with van der Waals surface area (Å²) in [5, 5.41) is 0. The summed E-state index contributed by atoms with van der Waals surface area (Å²) in [5.41, 5.74) is 0. The number of benzene rings is 1. The summed E-state index contributed by atoms with van der Waals surface area (Å²) >= 11 is 0. The predicted molar refractivity (Wildman–Crippen MR) is 54.2 cm³/mol. The molecule has 1 rings (SSSR count). The fourth-order valence-electron chi connectivity index (χ4n) is 0.712. The number of amides is 1. The minimum absolute atomic E-state index is 0.381. The summed E-state index contributed by atoms with van der Waals surface area (Å²) in [6, 6.07) is 8.47. The molecule has 0 spiro atoms. The second-order valence-corrected chi connectivity index (χ2v) is 4.14. The van der Waals surface area contributed by atoms with Gasteiger partial charge >= 0.3 is 6.09 Å². The van der Waals surface area contributed by atoms with Crippen LogP contribution in [0, 0.1) is 0 Å². The molecule has 76 valence electrons. The van der Waals surface area contributed by atoms with Crippen LogP contribution in [0.5, 0.6) is 5.75 Å². The van der Waals surface area contributed by atoms with Crippen LogP contribution in [0.25, 0.3) is 0 Å². The molecule has 0 aliphatic rings. The average molecular weight is 234 g/mol. The summed E-state index contributed by atoms with van der Waals surface area (Å²) in [6.07, 6.45) is -0.760. The standard InChI is InChI=1S/C8H8ClNO3S/c1-10(14(9)12)8(11)13-7-5-3-2-4-6-7/h2-6H,1H3. The zero-order valence-electron chi connectivity index (χ0n) is 7.34. The van der Waals surface area contributed by atoms with Crippen LogP contribution >= 0.6 is 10.7 Å². The van der Waals surface area contributed by atoms with Gasteiger partial charge in [0.05, 0.1) is 0 Å². The van der Waals surface area contributed by atoms with E-state index in [0.29, 0.717) is 5.75 Å². The van der Waals surface area contributed by atoms with Gasteiger partial charge in [-0.05, 0) is 12.1 Å². The molecular weight excluding hydrogens is 226 g/mol. The van der Waals surface area contributed by atoms with Gasteiger partial charge in [-0.3, -0.25) is 0 Å². The number of para-hydroxylation sites is 1. The molecule has 0 aliphatic heterocycles. The lowest BCUT2D eigenvalue weighted by atomic mass is 10.3. The minimum atomic E-state index is -1.88. The average Bonchev–Trinajstić information content (AvgIpc) is 2.18. The molecule has 0 radical (unpaired) electrons. The van der Waals surface area contributed by atoms with Gasteiger partial charge in [-0.25, -0.2) is 13.3 Å². The highest BCUT2D eigenvalue weighted by atomic mass is 35.7. The topological polar surface area (TPSA) is 46.6 Å². The number of rotatable bonds is 2. The number of carbonyl (C=O) groups is 1. The van der Waals surface area contributed by atoms with E-state index in [-0.39, 0.29) is 0 Å². The lowest BCUT2D eigenvalue weighted by molar-refractivity contribution is 0.186. The van der Waals surface area contributed by atoms with Crippen LogP contribution in [0.4, 0.5) is 4.79 Å². The molecule has 0 fully saturated rings. The molecule has 0 bridgehead atoms. The van der Waals surface area contributed by atoms with E-state index in [1.807, 2.05) is 0 Å². The van der Waals surface area contributed by atoms with Crippen LogP contribution < -0.4 is 4.74 Å². The second kappa shape index (κ2) is 4.97. The van der Waals surface area contributed by atoms with Crippen molar-refractivity contribution < 1.29 is 13.7 Å². The lowest BCUT2D eigenvalue weighted by Crippen LogP contribution is -2.28. The molecule has 0 saturated heterocycles. The van der Waals surface area contributed by atoms with E-state index in [2.05, 4.69) is 0 Å². The Morgan fingerprint density at radius 2 is 2.00 bits per heavy atom. The number of halogens is 1. The SMILES string of the molecule is CN(C(=O)Oc1ccccc1)S(=O)Cl. The van der Waals surface area contributed by atoms with Gasteiger partial charge in [-0.1, -0.05) is 18.2 Å². The van der Waals surface area contributed by atoms with E-state index in [4.69, 9.17) is 15.4 Å². The van der Waals surface area contributed by atoms with Crippen molar-refractivity contribution in [2.45, 2.75) is 0 Å². The monoisotopic (exact) mass is 233 g/mol. The van der Waals surface area contributed by atoms with Crippen molar-refractivity contribution >= 4 is 27.0 Å². The van der Waals surface area contributed by atoms with Crippen LogP contribution in [0.15, 0.2) is 30.3 Å². The van der Waals surface area contributed by atoms with Gasteiger partial charge in [0.15, 0.2) is 0 Å². The molecule has 0 aliphatic carbocycles. The Hall–Kier alpha value is -1.07. The fourth-order valence-corrected chi connectivity index (χ4v) is 1.04. The van der Waals surface area contributed by atoms with Gasteiger partial charge in [-0.15, -0.1) is 0 Å². The molecule has 0 N–H and O–H groups in total. The van der Waals surface area contributed by atoms with Crippen molar-refractivity contribution in [2.75, 3.05) is 7.05 Å². The highest BCUT2D eigenvalue weighted by molar-refractivity contribution is 8.06. The number of ether oxygens (including phenoxy) is 1. The van der Waals surface area contributed by atoms with E-state index in [1.54, 1.807) is 30.3 Å². The van der Waals surface area contributed by atoms with Crippen LogP contribution in [-0.4, -0.2) is 21.7 Å². The Labute approximate surface area is 88.5 Å². The smallest absolute Gasteiger partial charge is 0.410 e. The maximum atomic E-state index is 11.2. The van der Waals surface area contributed by atoms with Gasteiger partial charge in [0, 0.05) is 17.7 Å². The molecule has 0 heterocycles. The van der Waals surface area contributed by atoms with Gasteiger partial charge in [0.25, 0.3) is 0 Å². The third-order valence-electron chi connectivity index (χ3n) is 1.42.